The van der Waals surface area contributed by atoms with Crippen molar-refractivity contribution in [2.75, 3.05) is 11.9 Å². The van der Waals surface area contributed by atoms with E-state index in [2.05, 4.69) is 10.0 Å². The van der Waals surface area contributed by atoms with Gasteiger partial charge in [0.1, 0.15) is 0 Å². The van der Waals surface area contributed by atoms with Crippen LogP contribution in [-0.4, -0.2) is 26.2 Å². The first-order chi connectivity index (χ1) is 8.31. The molecule has 1 unspecified atom stereocenters. The van der Waals surface area contributed by atoms with Gasteiger partial charge in [-0.2, -0.15) is 0 Å². The largest absolute Gasteiger partial charge is 0.326 e. The topological polar surface area (TPSA) is 75.3 Å². The highest BCUT2D eigenvalue weighted by molar-refractivity contribution is 7.89. The molecule has 1 amide bonds. The number of rotatable bonds is 5. The summed E-state index contributed by atoms with van der Waals surface area (Å²) in [5.74, 6) is -0.209. The number of hydrogen-bond acceptors (Lipinski definition) is 3. The second kappa shape index (κ2) is 6.17. The Labute approximate surface area is 112 Å². The average molecular weight is 291 g/mol. The lowest BCUT2D eigenvalue weighted by Gasteiger charge is -2.08. The molecule has 1 aromatic rings. The van der Waals surface area contributed by atoms with Crippen LogP contribution in [0.1, 0.15) is 13.8 Å². The Balaban J connectivity index is 2.81. The average Bonchev–Trinajstić information content (AvgIpc) is 2.26. The summed E-state index contributed by atoms with van der Waals surface area (Å²) in [5.41, 5.74) is 0.548. The van der Waals surface area contributed by atoms with Crippen molar-refractivity contribution < 1.29 is 13.2 Å². The van der Waals surface area contributed by atoms with Gasteiger partial charge < -0.3 is 5.32 Å². The molecule has 1 rings (SSSR count). The summed E-state index contributed by atoms with van der Waals surface area (Å²) in [4.78, 5) is 10.9. The quantitative estimate of drug-likeness (QED) is 0.808. The summed E-state index contributed by atoms with van der Waals surface area (Å²) >= 11 is 5.68. The minimum Gasteiger partial charge on any atom is -0.326 e. The molecule has 0 aliphatic heterocycles. The lowest BCUT2D eigenvalue weighted by Crippen LogP contribution is -2.28. The molecule has 18 heavy (non-hydrogen) atoms. The van der Waals surface area contributed by atoms with Gasteiger partial charge in [-0.1, -0.05) is 0 Å². The Hall–Kier alpha value is -1.11. The zero-order chi connectivity index (χ0) is 13.8. The SMILES string of the molecule is CC(=O)Nc1ccc(S(=O)(=O)NCC(C)Cl)cc1. The van der Waals surface area contributed by atoms with Crippen LogP contribution in [0.5, 0.6) is 0 Å². The van der Waals surface area contributed by atoms with Gasteiger partial charge in [0.2, 0.25) is 15.9 Å². The van der Waals surface area contributed by atoms with E-state index in [0.717, 1.165) is 0 Å². The van der Waals surface area contributed by atoms with E-state index in [1.807, 2.05) is 0 Å². The smallest absolute Gasteiger partial charge is 0.240 e. The molecular formula is C11H15ClN2O3S. The molecule has 0 saturated carbocycles. The summed E-state index contributed by atoms with van der Waals surface area (Å²) in [5, 5.41) is 2.28. The van der Waals surface area contributed by atoms with Crippen molar-refractivity contribution in [1.29, 1.82) is 0 Å². The fraction of sp³-hybridized carbons (Fsp3) is 0.364. The first-order valence-electron chi connectivity index (χ1n) is 5.32. The third kappa shape index (κ3) is 4.64. The van der Waals surface area contributed by atoms with Crippen LogP contribution in [0.3, 0.4) is 0 Å². The molecule has 7 heteroatoms. The monoisotopic (exact) mass is 290 g/mol. The molecule has 1 aromatic carbocycles. The Kier molecular flexibility index (Phi) is 5.13. The molecule has 0 radical (unpaired) electrons. The highest BCUT2D eigenvalue weighted by atomic mass is 35.5. The standard InChI is InChI=1S/C11H15ClN2O3S/c1-8(12)7-13-18(16,17)11-5-3-10(4-6-11)14-9(2)15/h3-6,8,13H,7H2,1-2H3,(H,14,15). The van der Waals surface area contributed by atoms with Crippen molar-refractivity contribution in [2.45, 2.75) is 24.1 Å². The van der Waals surface area contributed by atoms with E-state index in [0.29, 0.717) is 5.69 Å². The highest BCUT2D eigenvalue weighted by Crippen LogP contribution is 2.14. The van der Waals surface area contributed by atoms with Crippen LogP contribution in [0.2, 0.25) is 0 Å². The molecule has 100 valence electrons. The lowest BCUT2D eigenvalue weighted by molar-refractivity contribution is -0.114. The highest BCUT2D eigenvalue weighted by Gasteiger charge is 2.14. The third-order valence-electron chi connectivity index (χ3n) is 2.04. The zero-order valence-corrected chi connectivity index (χ0v) is 11.7. The van der Waals surface area contributed by atoms with E-state index in [4.69, 9.17) is 11.6 Å². The second-order valence-electron chi connectivity index (χ2n) is 3.84. The predicted molar refractivity (Wildman–Crippen MR) is 71.2 cm³/mol. The number of sulfonamides is 1. The van der Waals surface area contributed by atoms with Crippen LogP contribution >= 0.6 is 11.6 Å². The summed E-state index contributed by atoms with van der Waals surface area (Å²) in [6.07, 6.45) is 0. The van der Waals surface area contributed by atoms with E-state index in [1.54, 1.807) is 6.92 Å². The maximum absolute atomic E-state index is 11.8. The van der Waals surface area contributed by atoms with Crippen molar-refractivity contribution in [3.8, 4) is 0 Å². The number of nitrogens with one attached hydrogen (secondary N) is 2. The second-order valence-corrected chi connectivity index (χ2v) is 6.35. The fourth-order valence-corrected chi connectivity index (χ4v) is 2.53. The number of alkyl halides is 1. The van der Waals surface area contributed by atoms with Crippen molar-refractivity contribution in [3.63, 3.8) is 0 Å². The van der Waals surface area contributed by atoms with Gasteiger partial charge in [-0.25, -0.2) is 13.1 Å². The lowest BCUT2D eigenvalue weighted by atomic mass is 10.3. The van der Waals surface area contributed by atoms with Gasteiger partial charge >= 0.3 is 0 Å². The number of carbonyl (C=O) groups excluding carboxylic acids is 1. The van der Waals surface area contributed by atoms with E-state index in [1.165, 1.54) is 31.2 Å². The number of carbonyl (C=O) groups is 1. The van der Waals surface area contributed by atoms with Gasteiger partial charge in [0, 0.05) is 24.5 Å². The van der Waals surface area contributed by atoms with Crippen molar-refractivity contribution in [2.24, 2.45) is 0 Å². The van der Waals surface area contributed by atoms with Crippen LogP contribution < -0.4 is 10.0 Å². The maximum Gasteiger partial charge on any atom is 0.240 e. The minimum atomic E-state index is -3.55. The normalized spacial score (nSPS) is 13.1. The molecule has 0 bridgehead atoms. The van der Waals surface area contributed by atoms with Gasteiger partial charge in [-0.3, -0.25) is 4.79 Å². The van der Waals surface area contributed by atoms with Crippen molar-refractivity contribution >= 4 is 33.2 Å². The predicted octanol–water partition coefficient (Wildman–Crippen LogP) is 1.55. The molecular weight excluding hydrogens is 276 g/mol. The molecule has 0 saturated heterocycles. The van der Waals surface area contributed by atoms with Gasteiger partial charge in [0.25, 0.3) is 0 Å². The molecule has 0 heterocycles. The molecule has 0 aromatic heterocycles. The van der Waals surface area contributed by atoms with Crippen LogP contribution in [-0.2, 0) is 14.8 Å². The zero-order valence-electron chi connectivity index (χ0n) is 10.1. The molecule has 1 atom stereocenters. The Morgan fingerprint density at radius 2 is 1.89 bits per heavy atom. The Bertz CT molecular complexity index is 512. The maximum atomic E-state index is 11.8. The number of benzene rings is 1. The minimum absolute atomic E-state index is 0.133. The molecule has 0 spiro atoms. The summed E-state index contributed by atoms with van der Waals surface area (Å²) in [6, 6.07) is 5.90. The van der Waals surface area contributed by atoms with Gasteiger partial charge in [0.15, 0.2) is 0 Å². The van der Waals surface area contributed by atoms with Crippen LogP contribution in [0.4, 0.5) is 5.69 Å². The number of hydrogen-bond donors (Lipinski definition) is 2. The van der Waals surface area contributed by atoms with Gasteiger partial charge in [-0.05, 0) is 31.2 Å². The van der Waals surface area contributed by atoms with Crippen LogP contribution in [0, 0.1) is 0 Å². The number of halogens is 1. The van der Waals surface area contributed by atoms with Crippen LogP contribution in [0.25, 0.3) is 0 Å². The van der Waals surface area contributed by atoms with E-state index < -0.39 is 10.0 Å². The Morgan fingerprint density at radius 3 is 2.33 bits per heavy atom. The summed E-state index contributed by atoms with van der Waals surface area (Å²) < 4.78 is 26.0. The first-order valence-corrected chi connectivity index (χ1v) is 7.24. The fourth-order valence-electron chi connectivity index (χ4n) is 1.23. The van der Waals surface area contributed by atoms with Gasteiger partial charge in [0.05, 0.1) is 4.90 Å². The van der Waals surface area contributed by atoms with E-state index in [-0.39, 0.29) is 22.7 Å². The Morgan fingerprint density at radius 1 is 1.33 bits per heavy atom. The molecule has 2 N–H and O–H groups in total. The van der Waals surface area contributed by atoms with Crippen molar-refractivity contribution in [3.05, 3.63) is 24.3 Å². The van der Waals surface area contributed by atoms with Gasteiger partial charge in [-0.15, -0.1) is 11.6 Å². The van der Waals surface area contributed by atoms with E-state index in [9.17, 15) is 13.2 Å². The first kappa shape index (κ1) is 14.9. The molecule has 0 aliphatic carbocycles. The molecule has 0 aliphatic rings. The summed E-state index contributed by atoms with van der Waals surface area (Å²) in [7, 11) is -3.55. The molecule has 5 nitrogen and oxygen atoms in total. The third-order valence-corrected chi connectivity index (χ3v) is 3.63. The number of amides is 1. The summed E-state index contributed by atoms with van der Waals surface area (Å²) in [6.45, 7) is 3.25. The van der Waals surface area contributed by atoms with Crippen molar-refractivity contribution in [1.82, 2.24) is 4.72 Å². The van der Waals surface area contributed by atoms with Crippen LogP contribution in [0.15, 0.2) is 29.2 Å². The molecule has 0 fully saturated rings. The van der Waals surface area contributed by atoms with E-state index >= 15 is 0 Å². The number of anilines is 1.